The van der Waals surface area contributed by atoms with E-state index in [4.69, 9.17) is 0 Å². The molecule has 0 saturated carbocycles. The van der Waals surface area contributed by atoms with Gasteiger partial charge in [0, 0.05) is 11.6 Å². The number of amides is 1. The van der Waals surface area contributed by atoms with Crippen LogP contribution in [-0.2, 0) is 6.42 Å². The van der Waals surface area contributed by atoms with E-state index in [0.717, 1.165) is 24.8 Å². The maximum atomic E-state index is 12.2. The number of carbonyl (C=O) groups excluding carboxylic acids is 1. The van der Waals surface area contributed by atoms with Crippen LogP contribution in [0.25, 0.3) is 0 Å². The summed E-state index contributed by atoms with van der Waals surface area (Å²) in [6.07, 6.45) is 3.21. The second-order valence-electron chi connectivity index (χ2n) is 7.56. The second kappa shape index (κ2) is 7.63. The molecular weight excluding hydrogens is 258 g/mol. The van der Waals surface area contributed by atoms with Crippen molar-refractivity contribution in [1.29, 1.82) is 0 Å². The van der Waals surface area contributed by atoms with Crippen LogP contribution in [0.4, 0.5) is 0 Å². The summed E-state index contributed by atoms with van der Waals surface area (Å²) in [6.45, 7) is 13.2. The maximum Gasteiger partial charge on any atom is 0.251 e. The molecular formula is C19H31NO. The number of hydrogen-bond acceptors (Lipinski definition) is 1. The maximum absolute atomic E-state index is 12.2. The molecule has 21 heavy (non-hydrogen) atoms. The van der Waals surface area contributed by atoms with Crippen molar-refractivity contribution in [2.75, 3.05) is 0 Å². The Morgan fingerprint density at radius 2 is 1.71 bits per heavy atom. The van der Waals surface area contributed by atoms with E-state index in [-0.39, 0.29) is 17.4 Å². The van der Waals surface area contributed by atoms with Crippen molar-refractivity contribution in [1.82, 2.24) is 5.32 Å². The summed E-state index contributed by atoms with van der Waals surface area (Å²) in [7, 11) is 0. The van der Waals surface area contributed by atoms with Gasteiger partial charge in [0.25, 0.3) is 5.91 Å². The lowest BCUT2D eigenvalue weighted by Crippen LogP contribution is -2.33. The zero-order valence-electron chi connectivity index (χ0n) is 14.5. The number of rotatable bonds is 6. The molecule has 0 aromatic heterocycles. The lowest BCUT2D eigenvalue weighted by atomic mass is 9.88. The lowest BCUT2D eigenvalue weighted by molar-refractivity contribution is 0.0935. The summed E-state index contributed by atoms with van der Waals surface area (Å²) in [5.41, 5.74) is 2.31. The molecule has 0 saturated heterocycles. The molecule has 1 amide bonds. The third kappa shape index (κ3) is 6.79. The Morgan fingerprint density at radius 1 is 1.14 bits per heavy atom. The summed E-state index contributed by atoms with van der Waals surface area (Å²) in [5.74, 6) is 0.683. The number of nitrogens with one attached hydrogen (secondary N) is 1. The van der Waals surface area contributed by atoms with Crippen molar-refractivity contribution in [2.45, 2.75) is 66.8 Å². The average molecular weight is 289 g/mol. The topological polar surface area (TPSA) is 29.1 Å². The van der Waals surface area contributed by atoms with Gasteiger partial charge in [-0.05, 0) is 48.8 Å². The molecule has 0 fully saturated rings. The van der Waals surface area contributed by atoms with Gasteiger partial charge in [0.15, 0.2) is 0 Å². The van der Waals surface area contributed by atoms with Crippen molar-refractivity contribution in [2.24, 2.45) is 11.3 Å². The Kier molecular flexibility index (Phi) is 6.44. The first-order valence-corrected chi connectivity index (χ1v) is 8.11. The van der Waals surface area contributed by atoms with Gasteiger partial charge in [-0.15, -0.1) is 0 Å². The van der Waals surface area contributed by atoms with E-state index in [1.165, 1.54) is 5.56 Å². The van der Waals surface area contributed by atoms with E-state index in [0.29, 0.717) is 5.92 Å². The van der Waals surface area contributed by atoms with Gasteiger partial charge in [0.1, 0.15) is 0 Å². The van der Waals surface area contributed by atoms with E-state index in [2.05, 4.69) is 59.0 Å². The first kappa shape index (κ1) is 17.7. The minimum Gasteiger partial charge on any atom is -0.350 e. The molecule has 0 aliphatic rings. The fourth-order valence-corrected chi connectivity index (χ4v) is 2.52. The molecule has 0 spiro atoms. The molecule has 1 N–H and O–H groups in total. The van der Waals surface area contributed by atoms with Gasteiger partial charge in [0.05, 0.1) is 0 Å². The molecule has 2 nitrogen and oxygen atoms in total. The normalized spacial score (nSPS) is 14.6. The molecule has 0 aliphatic carbocycles. The highest BCUT2D eigenvalue weighted by molar-refractivity contribution is 5.94. The van der Waals surface area contributed by atoms with Crippen LogP contribution in [0, 0.1) is 11.3 Å². The Bertz CT molecular complexity index is 442. The van der Waals surface area contributed by atoms with E-state index < -0.39 is 0 Å². The van der Waals surface area contributed by atoms with E-state index in [1.807, 2.05) is 12.1 Å². The van der Waals surface area contributed by atoms with Crippen LogP contribution in [0.2, 0.25) is 0 Å². The van der Waals surface area contributed by atoms with Crippen LogP contribution in [0.15, 0.2) is 24.3 Å². The Balaban J connectivity index is 2.59. The largest absolute Gasteiger partial charge is 0.350 e. The van der Waals surface area contributed by atoms with Crippen LogP contribution >= 0.6 is 0 Å². The van der Waals surface area contributed by atoms with Crippen molar-refractivity contribution in [3.8, 4) is 0 Å². The Morgan fingerprint density at radius 3 is 2.19 bits per heavy atom. The van der Waals surface area contributed by atoms with Gasteiger partial charge in [-0.1, -0.05) is 53.2 Å². The molecule has 2 unspecified atom stereocenters. The monoisotopic (exact) mass is 289 g/mol. The average Bonchev–Trinajstić information content (AvgIpc) is 2.37. The molecule has 0 radical (unpaired) electrons. The second-order valence-corrected chi connectivity index (χ2v) is 7.56. The van der Waals surface area contributed by atoms with Crippen LogP contribution in [0.5, 0.6) is 0 Å². The quantitative estimate of drug-likeness (QED) is 0.798. The van der Waals surface area contributed by atoms with E-state index >= 15 is 0 Å². The summed E-state index contributed by atoms with van der Waals surface area (Å²) >= 11 is 0. The summed E-state index contributed by atoms with van der Waals surface area (Å²) in [6, 6.07) is 8.24. The van der Waals surface area contributed by atoms with Crippen molar-refractivity contribution in [3.05, 3.63) is 35.4 Å². The highest BCUT2D eigenvalue weighted by Crippen LogP contribution is 2.20. The third-order valence-electron chi connectivity index (χ3n) is 3.78. The molecule has 1 rings (SSSR count). The minimum absolute atomic E-state index is 0.0353. The molecule has 0 aliphatic heterocycles. The van der Waals surface area contributed by atoms with Gasteiger partial charge in [0.2, 0.25) is 0 Å². The lowest BCUT2D eigenvalue weighted by Gasteiger charge is -2.19. The van der Waals surface area contributed by atoms with E-state index in [1.54, 1.807) is 0 Å². The van der Waals surface area contributed by atoms with Crippen LogP contribution in [-0.4, -0.2) is 11.9 Å². The van der Waals surface area contributed by atoms with E-state index in [9.17, 15) is 4.79 Å². The first-order valence-electron chi connectivity index (χ1n) is 8.11. The zero-order chi connectivity index (χ0) is 16.0. The van der Waals surface area contributed by atoms with Gasteiger partial charge in [-0.3, -0.25) is 4.79 Å². The molecule has 0 heterocycles. The van der Waals surface area contributed by atoms with Gasteiger partial charge in [-0.25, -0.2) is 0 Å². The summed E-state index contributed by atoms with van der Waals surface area (Å²) in [5, 5.41) is 3.09. The zero-order valence-corrected chi connectivity index (χ0v) is 14.5. The molecule has 0 bridgehead atoms. The van der Waals surface area contributed by atoms with Gasteiger partial charge in [-0.2, -0.15) is 0 Å². The van der Waals surface area contributed by atoms with Crippen molar-refractivity contribution < 1.29 is 4.79 Å². The van der Waals surface area contributed by atoms with Crippen molar-refractivity contribution >= 4 is 5.91 Å². The smallest absolute Gasteiger partial charge is 0.251 e. The fraction of sp³-hybridized carbons (Fsp3) is 0.632. The first-order chi connectivity index (χ1) is 9.71. The van der Waals surface area contributed by atoms with Crippen LogP contribution in [0.3, 0.4) is 0 Å². The van der Waals surface area contributed by atoms with Gasteiger partial charge < -0.3 is 5.32 Å². The molecule has 2 heteroatoms. The Hall–Kier alpha value is -1.31. The standard InChI is InChI=1S/C19H31NO/c1-7-14(2)12-15(3)20-18(21)17-10-8-16(9-11-17)13-19(4,5)6/h8-11,14-15H,7,12-13H2,1-6H3,(H,20,21). The molecule has 2 atom stereocenters. The van der Waals surface area contributed by atoms with Crippen LogP contribution in [0.1, 0.15) is 70.3 Å². The van der Waals surface area contributed by atoms with Crippen LogP contribution < -0.4 is 5.32 Å². The summed E-state index contributed by atoms with van der Waals surface area (Å²) < 4.78 is 0. The molecule has 1 aromatic rings. The predicted molar refractivity (Wildman–Crippen MR) is 90.6 cm³/mol. The predicted octanol–water partition coefficient (Wildman–Crippen LogP) is 4.83. The number of hydrogen-bond donors (Lipinski definition) is 1. The highest BCUT2D eigenvalue weighted by Gasteiger charge is 2.14. The molecule has 1 aromatic carbocycles. The number of carbonyl (C=O) groups is 1. The summed E-state index contributed by atoms with van der Waals surface area (Å²) in [4.78, 5) is 12.2. The van der Waals surface area contributed by atoms with Crippen molar-refractivity contribution in [3.63, 3.8) is 0 Å². The fourth-order valence-electron chi connectivity index (χ4n) is 2.52. The minimum atomic E-state index is 0.0353. The highest BCUT2D eigenvalue weighted by atomic mass is 16.1. The van der Waals surface area contributed by atoms with Gasteiger partial charge >= 0.3 is 0 Å². The number of benzene rings is 1. The third-order valence-corrected chi connectivity index (χ3v) is 3.78. The SMILES string of the molecule is CCC(C)CC(C)NC(=O)c1ccc(CC(C)(C)C)cc1. The molecule has 118 valence electrons. The Labute approximate surface area is 130 Å².